The van der Waals surface area contributed by atoms with Gasteiger partial charge in [0.2, 0.25) is 0 Å². The fourth-order valence-corrected chi connectivity index (χ4v) is 4.30. The van der Waals surface area contributed by atoms with Crippen molar-refractivity contribution in [2.75, 3.05) is 11.9 Å². The van der Waals surface area contributed by atoms with Crippen LogP contribution in [0.4, 0.5) is 36.6 Å². The first-order valence-electron chi connectivity index (χ1n) is 9.63. The molecule has 1 amide bonds. The molecule has 2 aromatic heterocycles. The van der Waals surface area contributed by atoms with Crippen LogP contribution in [0.1, 0.15) is 52.5 Å². The van der Waals surface area contributed by atoms with Crippen molar-refractivity contribution in [1.82, 2.24) is 14.9 Å². The second-order valence-corrected chi connectivity index (χ2v) is 8.69. The van der Waals surface area contributed by atoms with Crippen LogP contribution in [0.3, 0.4) is 0 Å². The fourth-order valence-electron chi connectivity index (χ4n) is 3.38. The summed E-state index contributed by atoms with van der Waals surface area (Å²) in [6, 6.07) is -2.45. The molecule has 35 heavy (non-hydrogen) atoms. The molecule has 1 aliphatic heterocycles. The molecule has 3 heterocycles. The van der Waals surface area contributed by atoms with Crippen LogP contribution in [0.25, 0.3) is 10.4 Å². The first-order chi connectivity index (χ1) is 15.6. The summed E-state index contributed by atoms with van der Waals surface area (Å²) < 4.78 is 93.5. The molecule has 2 aromatic rings. The van der Waals surface area contributed by atoms with Crippen molar-refractivity contribution in [1.29, 1.82) is 0 Å². The molecular weight excluding hydrogens is 536 g/mol. The number of likely N-dealkylation sites (tertiary alicyclic amines) is 1. The van der Waals surface area contributed by atoms with Crippen LogP contribution in [-0.2, 0) is 0 Å². The fraction of sp³-hybridized carbons (Fsp3) is 0.474. The van der Waals surface area contributed by atoms with Crippen molar-refractivity contribution in [3.05, 3.63) is 28.5 Å². The van der Waals surface area contributed by atoms with E-state index in [1.165, 1.54) is 6.92 Å². The minimum absolute atomic E-state index is 0. The number of carbonyl (C=O) groups excluding carboxylic acids is 2. The molecule has 16 heteroatoms. The number of thiazole rings is 1. The van der Waals surface area contributed by atoms with Gasteiger partial charge in [-0.1, -0.05) is 0 Å². The molecule has 1 N–H and O–H groups in total. The third kappa shape index (κ3) is 6.71. The number of hydrogen-bond acceptors (Lipinski definition) is 7. The number of amides is 1. The summed E-state index contributed by atoms with van der Waals surface area (Å²) in [6.07, 6.45) is -7.89. The van der Waals surface area contributed by atoms with Crippen molar-refractivity contribution in [2.45, 2.75) is 50.9 Å². The van der Waals surface area contributed by atoms with Gasteiger partial charge in [-0.2, -0.15) is 13.2 Å². The third-order valence-corrected chi connectivity index (χ3v) is 6.13. The van der Waals surface area contributed by atoms with Gasteiger partial charge in [0.05, 0.1) is 11.4 Å². The van der Waals surface area contributed by atoms with E-state index in [1.54, 1.807) is 0 Å². The van der Waals surface area contributed by atoms with Gasteiger partial charge in [-0.3, -0.25) is 4.79 Å². The number of halogens is 7. The Bertz CT molecular complexity index is 1110. The van der Waals surface area contributed by atoms with Gasteiger partial charge >= 0.3 is 57.6 Å². The minimum atomic E-state index is -4.69. The molecule has 0 aromatic carbocycles. The van der Waals surface area contributed by atoms with Crippen molar-refractivity contribution in [3.63, 3.8) is 0 Å². The number of nitrogens with zero attached hydrogens (tertiary/aromatic N) is 3. The molecule has 1 fully saturated rings. The molecule has 0 radical (unpaired) electrons. The van der Waals surface area contributed by atoms with Gasteiger partial charge in [-0.05, 0) is 19.9 Å². The van der Waals surface area contributed by atoms with Gasteiger partial charge < -0.3 is 20.1 Å². The van der Waals surface area contributed by atoms with E-state index >= 15 is 0 Å². The molecule has 0 spiro atoms. The summed E-state index contributed by atoms with van der Waals surface area (Å²) >= 11 is 0.283. The number of anilines is 1. The van der Waals surface area contributed by atoms with E-state index < -0.39 is 88.0 Å². The largest absolute Gasteiger partial charge is 1.00 e. The summed E-state index contributed by atoms with van der Waals surface area (Å²) in [7, 11) is 0. The smallest absolute Gasteiger partial charge is 0.542 e. The Kier molecular flexibility index (Phi) is 9.36. The number of nitrogens with one attached hydrogen (secondary N) is 1. The summed E-state index contributed by atoms with van der Waals surface area (Å²) in [5.41, 5.74) is -2.02. The summed E-state index contributed by atoms with van der Waals surface area (Å²) in [4.78, 5) is 31.9. The first-order valence-corrected chi connectivity index (χ1v) is 10.4. The van der Waals surface area contributed by atoms with Crippen molar-refractivity contribution in [2.24, 2.45) is 0 Å². The Balaban J connectivity index is 0.00000432. The normalized spacial score (nSPS) is 18.3. The summed E-state index contributed by atoms with van der Waals surface area (Å²) in [6.45, 7) is 1.10. The Morgan fingerprint density at radius 1 is 1.31 bits per heavy atom. The van der Waals surface area contributed by atoms with Crippen molar-refractivity contribution >= 4 is 29.0 Å². The number of alkyl halides is 7. The van der Waals surface area contributed by atoms with Gasteiger partial charge in [-0.15, -0.1) is 11.3 Å². The van der Waals surface area contributed by atoms with E-state index in [-0.39, 0.29) is 62.7 Å². The predicted octanol–water partition coefficient (Wildman–Crippen LogP) is 0.743. The number of hydrogen-bond donors (Lipinski definition) is 1. The number of aromatic carboxylic acids is 1. The number of carbonyl (C=O) groups is 2. The number of carboxylic acid groups (broad SMARTS) is 1. The zero-order valence-electron chi connectivity index (χ0n) is 18.4. The third-order valence-electron chi connectivity index (χ3n) is 5.06. The SMILES string of the molecule is C[C@H](Nc1cc(C(F)F)c(-c2sc(C(=O)[O-])nc2C(=O)N2CC(F)(F)C[C@@H]2C)cn1)C(F)(F)F.[K+]. The number of aromatic nitrogens is 2. The van der Waals surface area contributed by atoms with Crippen LogP contribution < -0.4 is 61.8 Å². The maximum atomic E-state index is 13.8. The Labute approximate surface area is 240 Å². The van der Waals surface area contributed by atoms with Gasteiger partial charge in [0.25, 0.3) is 18.3 Å². The first kappa shape index (κ1) is 29.9. The zero-order chi connectivity index (χ0) is 25.6. The minimum Gasteiger partial charge on any atom is -0.542 e. The Morgan fingerprint density at radius 3 is 2.43 bits per heavy atom. The van der Waals surface area contributed by atoms with Gasteiger partial charge in [-0.25, -0.2) is 27.5 Å². The predicted molar refractivity (Wildman–Crippen MR) is 104 cm³/mol. The quantitative estimate of drug-likeness (QED) is 0.420. The molecule has 7 nitrogen and oxygen atoms in total. The van der Waals surface area contributed by atoms with E-state index in [9.17, 15) is 45.4 Å². The second kappa shape index (κ2) is 11.0. The van der Waals surface area contributed by atoms with Gasteiger partial charge in [0.15, 0.2) is 0 Å². The maximum absolute atomic E-state index is 13.8. The molecule has 2 atom stereocenters. The van der Waals surface area contributed by atoms with Crippen LogP contribution in [0.2, 0.25) is 0 Å². The Morgan fingerprint density at radius 2 is 1.94 bits per heavy atom. The molecular formula is C19H16F7KN4O3S. The topological polar surface area (TPSA) is 98.2 Å². The van der Waals surface area contributed by atoms with E-state index in [1.807, 2.05) is 5.32 Å². The standard InChI is InChI=1S/C19H17F7N4O3S.K/c1-7-4-18(22,23)6-30(7)16(31)12-13(34-15(29-12)17(32)33)10-5-27-11(3-9(10)14(20)21)28-8(2)19(24,25)26;/h3,5,7-8,14H,4,6H2,1-2H3,(H,27,28)(H,32,33);/q;+1/p-1/t7-,8-;/m0./s1. The van der Waals surface area contributed by atoms with E-state index in [0.717, 1.165) is 18.0 Å². The van der Waals surface area contributed by atoms with Crippen LogP contribution in [0.15, 0.2) is 12.3 Å². The van der Waals surface area contributed by atoms with Gasteiger partial charge in [0, 0.05) is 29.8 Å². The van der Waals surface area contributed by atoms with Crippen LogP contribution in [-0.4, -0.2) is 57.5 Å². The average molecular weight is 553 g/mol. The number of pyridine rings is 1. The van der Waals surface area contributed by atoms with Crippen LogP contribution >= 0.6 is 11.3 Å². The van der Waals surface area contributed by atoms with E-state index in [2.05, 4.69) is 9.97 Å². The summed E-state index contributed by atoms with van der Waals surface area (Å²) in [5.74, 6) is -6.71. The molecule has 0 bridgehead atoms. The molecule has 1 saturated heterocycles. The van der Waals surface area contributed by atoms with Crippen LogP contribution in [0, 0.1) is 0 Å². The number of carboxylic acids is 1. The second-order valence-electron chi connectivity index (χ2n) is 7.69. The molecule has 1 aliphatic rings. The van der Waals surface area contributed by atoms with E-state index in [0.29, 0.717) is 6.07 Å². The average Bonchev–Trinajstić information content (AvgIpc) is 3.27. The zero-order valence-corrected chi connectivity index (χ0v) is 22.4. The molecule has 0 saturated carbocycles. The Hall–Kier alpha value is -1.33. The number of rotatable bonds is 6. The van der Waals surface area contributed by atoms with Gasteiger partial charge in [0.1, 0.15) is 28.5 Å². The van der Waals surface area contributed by atoms with Crippen LogP contribution in [0.5, 0.6) is 0 Å². The maximum Gasteiger partial charge on any atom is 1.00 e. The molecule has 0 unspecified atom stereocenters. The summed E-state index contributed by atoms with van der Waals surface area (Å²) in [5, 5.41) is 12.5. The van der Waals surface area contributed by atoms with Crippen molar-refractivity contribution < 1.29 is 96.8 Å². The van der Waals surface area contributed by atoms with Crippen molar-refractivity contribution in [3.8, 4) is 10.4 Å². The molecule has 0 aliphatic carbocycles. The monoisotopic (exact) mass is 552 g/mol. The molecule has 186 valence electrons. The molecule has 3 rings (SSSR count). The van der Waals surface area contributed by atoms with E-state index in [4.69, 9.17) is 0 Å².